The Labute approximate surface area is 234 Å². The van der Waals surface area contributed by atoms with E-state index in [2.05, 4.69) is 28.6 Å². The van der Waals surface area contributed by atoms with Crippen LogP contribution in [0.25, 0.3) is 11.1 Å². The maximum Gasteiger partial charge on any atom is 0.254 e. The fraction of sp³-hybridized carbons (Fsp3) is 0.419. The molecule has 2 aromatic carbocycles. The predicted molar refractivity (Wildman–Crippen MR) is 153 cm³/mol. The van der Waals surface area contributed by atoms with Gasteiger partial charge in [-0.2, -0.15) is 0 Å². The number of amides is 1. The number of aromatic nitrogens is 1. The second kappa shape index (κ2) is 11.9. The van der Waals surface area contributed by atoms with Gasteiger partial charge >= 0.3 is 0 Å². The van der Waals surface area contributed by atoms with Gasteiger partial charge in [-0.15, -0.1) is 0 Å². The number of benzene rings is 2. The predicted octanol–water partition coefficient (Wildman–Crippen LogP) is 4.65. The lowest BCUT2D eigenvalue weighted by Crippen LogP contribution is -2.60. The molecule has 5 N–H and O–H groups in total. The number of ether oxygens (including phenoxy) is 1. The molecule has 0 bridgehead atoms. The third-order valence-electron chi connectivity index (χ3n) is 8.20. The van der Waals surface area contributed by atoms with E-state index in [4.69, 9.17) is 16.2 Å². The summed E-state index contributed by atoms with van der Waals surface area (Å²) >= 11 is 0. The Hall–Kier alpha value is -3.53. The smallest absolute Gasteiger partial charge is 0.254 e. The van der Waals surface area contributed by atoms with E-state index in [1.165, 1.54) is 0 Å². The Balaban J connectivity index is 1.44. The number of phenols is 1. The Morgan fingerprint density at radius 3 is 2.40 bits per heavy atom. The fourth-order valence-corrected chi connectivity index (χ4v) is 6.42. The van der Waals surface area contributed by atoms with Gasteiger partial charge in [-0.25, -0.2) is 9.37 Å². The molecule has 2 aliphatic rings. The van der Waals surface area contributed by atoms with Crippen LogP contribution in [-0.2, 0) is 6.54 Å². The summed E-state index contributed by atoms with van der Waals surface area (Å²) in [6.07, 6.45) is 5.37. The molecule has 3 aromatic rings. The van der Waals surface area contributed by atoms with Crippen molar-refractivity contribution in [3.63, 3.8) is 0 Å². The Morgan fingerprint density at radius 2 is 1.75 bits per heavy atom. The Bertz CT molecular complexity index is 1330. The molecule has 0 spiro atoms. The van der Waals surface area contributed by atoms with Crippen molar-refractivity contribution >= 4 is 5.91 Å². The van der Waals surface area contributed by atoms with Crippen LogP contribution in [0.5, 0.6) is 17.4 Å². The van der Waals surface area contributed by atoms with Crippen molar-refractivity contribution in [2.24, 2.45) is 11.5 Å². The van der Waals surface area contributed by atoms with Crippen molar-refractivity contribution in [2.75, 3.05) is 13.1 Å². The first-order valence-corrected chi connectivity index (χ1v) is 14.0. The normalized spacial score (nSPS) is 24.1. The standard InChI is InChI=1S/C31H38FN5O3/c1-19-16-36(17-20(2)37(19)25-11-9-24(33)10-12-25)18-22-8-13-26(21-6-4-3-5-7-21)28(38)29(22)40-31-27(30(34)39)14-23(32)15-35-31/h3-8,13-15,19-20,24-25,38H,9-12,16-18,33H2,1-2H3,(H2,34,39)/t19-,20-,24?,25?/m0/s1. The molecule has 0 unspecified atom stereocenters. The van der Waals surface area contributed by atoms with Crippen molar-refractivity contribution < 1.29 is 19.0 Å². The molecule has 1 saturated heterocycles. The van der Waals surface area contributed by atoms with Crippen LogP contribution in [0.15, 0.2) is 54.7 Å². The van der Waals surface area contributed by atoms with Gasteiger partial charge in [-0.05, 0) is 51.2 Å². The number of nitrogens with zero attached hydrogens (tertiary/aromatic N) is 3. The van der Waals surface area contributed by atoms with Crippen LogP contribution in [0.1, 0.15) is 55.5 Å². The van der Waals surface area contributed by atoms with Crippen LogP contribution < -0.4 is 16.2 Å². The first kappa shape index (κ1) is 28.0. The first-order chi connectivity index (χ1) is 19.2. The van der Waals surface area contributed by atoms with Crippen molar-refractivity contribution in [2.45, 2.75) is 70.2 Å². The van der Waals surface area contributed by atoms with Gasteiger partial charge in [0.05, 0.1) is 6.20 Å². The van der Waals surface area contributed by atoms with Gasteiger partial charge in [0, 0.05) is 54.9 Å². The number of primary amides is 1. The molecule has 8 nitrogen and oxygen atoms in total. The average molecular weight is 548 g/mol. The summed E-state index contributed by atoms with van der Waals surface area (Å²) < 4.78 is 20.0. The number of pyridine rings is 1. The second-order valence-corrected chi connectivity index (χ2v) is 11.2. The molecule has 1 amide bonds. The molecule has 40 heavy (non-hydrogen) atoms. The molecule has 0 radical (unpaired) electrons. The molecule has 2 atom stereocenters. The van der Waals surface area contributed by atoms with Crippen LogP contribution in [0.2, 0.25) is 0 Å². The first-order valence-electron chi connectivity index (χ1n) is 14.0. The molecule has 212 valence electrons. The third-order valence-corrected chi connectivity index (χ3v) is 8.20. The summed E-state index contributed by atoms with van der Waals surface area (Å²) in [5, 5.41) is 11.5. The van der Waals surface area contributed by atoms with E-state index >= 15 is 0 Å². The molecule has 9 heteroatoms. The fourth-order valence-electron chi connectivity index (χ4n) is 6.42. The summed E-state index contributed by atoms with van der Waals surface area (Å²) in [5.74, 6) is -1.64. The molecule has 2 fully saturated rings. The lowest BCUT2D eigenvalue weighted by atomic mass is 9.88. The number of hydrogen-bond donors (Lipinski definition) is 3. The van der Waals surface area contributed by atoms with Gasteiger partial charge in [-0.1, -0.05) is 42.5 Å². The van der Waals surface area contributed by atoms with Crippen LogP contribution in [0, 0.1) is 5.82 Å². The van der Waals surface area contributed by atoms with E-state index in [1.54, 1.807) is 0 Å². The van der Waals surface area contributed by atoms with E-state index in [0.29, 0.717) is 36.3 Å². The highest BCUT2D eigenvalue weighted by molar-refractivity contribution is 5.95. The monoisotopic (exact) mass is 547 g/mol. The zero-order chi connectivity index (χ0) is 28.4. The Morgan fingerprint density at radius 1 is 1.07 bits per heavy atom. The quantitative estimate of drug-likeness (QED) is 0.394. The van der Waals surface area contributed by atoms with Crippen molar-refractivity contribution in [1.29, 1.82) is 0 Å². The van der Waals surface area contributed by atoms with Gasteiger partial charge in [0.25, 0.3) is 5.91 Å². The minimum Gasteiger partial charge on any atom is -0.504 e. The maximum atomic E-state index is 13.9. The molecular formula is C31H38FN5O3. The molecular weight excluding hydrogens is 509 g/mol. The van der Waals surface area contributed by atoms with Crippen LogP contribution >= 0.6 is 0 Å². The van der Waals surface area contributed by atoms with Crippen molar-refractivity contribution in [3.05, 3.63) is 71.7 Å². The molecule has 5 rings (SSSR count). The van der Waals surface area contributed by atoms with E-state index in [0.717, 1.165) is 62.2 Å². The molecule has 1 aliphatic carbocycles. The number of hydrogen-bond acceptors (Lipinski definition) is 7. The molecule has 1 aliphatic heterocycles. The lowest BCUT2D eigenvalue weighted by Gasteiger charge is -2.49. The lowest BCUT2D eigenvalue weighted by molar-refractivity contribution is -0.00940. The minimum atomic E-state index is -0.871. The van der Waals surface area contributed by atoms with Crippen LogP contribution in [0.3, 0.4) is 0 Å². The third kappa shape index (κ3) is 5.96. The highest BCUT2D eigenvalue weighted by atomic mass is 19.1. The number of nitrogens with two attached hydrogens (primary N) is 2. The number of rotatable bonds is 7. The van der Waals surface area contributed by atoms with Crippen LogP contribution in [-0.4, -0.2) is 63.1 Å². The number of carbonyl (C=O) groups excluding carboxylic acids is 1. The SMILES string of the molecule is C[C@H]1CN(Cc2ccc(-c3ccccc3)c(O)c2Oc2ncc(F)cc2C(N)=O)C[C@H](C)N1C1CCC(N)CC1. The summed E-state index contributed by atoms with van der Waals surface area (Å²) in [6.45, 7) is 6.77. The van der Waals surface area contributed by atoms with Crippen molar-refractivity contribution in [3.8, 4) is 28.5 Å². The molecule has 2 heterocycles. The van der Waals surface area contributed by atoms with Crippen LogP contribution in [0.4, 0.5) is 4.39 Å². The van der Waals surface area contributed by atoms with E-state index in [-0.39, 0.29) is 22.9 Å². The van der Waals surface area contributed by atoms with Gasteiger partial charge in [0.1, 0.15) is 11.4 Å². The minimum absolute atomic E-state index is 0.0801. The summed E-state index contributed by atoms with van der Waals surface area (Å²) in [5.41, 5.74) is 13.6. The number of halogens is 1. The number of piperazine rings is 1. The number of carbonyl (C=O) groups is 1. The van der Waals surface area contributed by atoms with E-state index in [1.807, 2.05) is 42.5 Å². The van der Waals surface area contributed by atoms with E-state index < -0.39 is 11.7 Å². The number of phenolic OH excluding ortho intramolecular Hbond substituents is 1. The zero-order valence-electron chi connectivity index (χ0n) is 23.1. The van der Waals surface area contributed by atoms with Gasteiger partial charge in [0.2, 0.25) is 5.88 Å². The van der Waals surface area contributed by atoms with Gasteiger partial charge < -0.3 is 21.3 Å². The summed E-state index contributed by atoms with van der Waals surface area (Å²) in [7, 11) is 0. The summed E-state index contributed by atoms with van der Waals surface area (Å²) in [4.78, 5) is 21.0. The topological polar surface area (TPSA) is 118 Å². The number of aromatic hydroxyl groups is 1. The van der Waals surface area contributed by atoms with Crippen molar-refractivity contribution in [1.82, 2.24) is 14.8 Å². The van der Waals surface area contributed by atoms with Gasteiger partial charge in [-0.3, -0.25) is 14.6 Å². The average Bonchev–Trinajstić information content (AvgIpc) is 2.92. The highest BCUT2D eigenvalue weighted by Gasteiger charge is 2.36. The van der Waals surface area contributed by atoms with Gasteiger partial charge in [0.15, 0.2) is 11.5 Å². The Kier molecular flexibility index (Phi) is 8.35. The highest BCUT2D eigenvalue weighted by Crippen LogP contribution is 2.43. The largest absolute Gasteiger partial charge is 0.504 e. The molecule has 1 aromatic heterocycles. The summed E-state index contributed by atoms with van der Waals surface area (Å²) in [6, 6.07) is 15.8. The zero-order valence-corrected chi connectivity index (χ0v) is 23.1. The maximum absolute atomic E-state index is 13.9. The van der Waals surface area contributed by atoms with E-state index in [9.17, 15) is 14.3 Å². The second-order valence-electron chi connectivity index (χ2n) is 11.2. The molecule has 1 saturated carbocycles.